The summed E-state index contributed by atoms with van der Waals surface area (Å²) in [5, 5.41) is 1.47. The quantitative estimate of drug-likeness (QED) is 0.562. The number of amides is 1. The third-order valence-electron chi connectivity index (χ3n) is 4.45. The number of hydroxylamine groups is 2. The van der Waals surface area contributed by atoms with Crippen LogP contribution in [0.25, 0.3) is 0 Å². The van der Waals surface area contributed by atoms with E-state index >= 15 is 0 Å². The molecule has 2 heterocycles. The Labute approximate surface area is 113 Å². The lowest BCUT2D eigenvalue weighted by Gasteiger charge is -2.23. The highest BCUT2D eigenvalue weighted by Gasteiger charge is 2.59. The average molecular weight is 257 g/mol. The van der Waals surface area contributed by atoms with Crippen LogP contribution in [-0.4, -0.2) is 16.7 Å². The van der Waals surface area contributed by atoms with Crippen molar-refractivity contribution in [3.05, 3.63) is 47.6 Å². The first-order chi connectivity index (χ1) is 8.90. The molecule has 0 aromatic heterocycles. The second kappa shape index (κ2) is 3.70. The van der Waals surface area contributed by atoms with E-state index in [1.165, 1.54) is 10.6 Å². The molecule has 1 amide bonds. The van der Waals surface area contributed by atoms with E-state index in [0.29, 0.717) is 6.42 Å². The van der Waals surface area contributed by atoms with E-state index in [0.717, 1.165) is 17.6 Å². The van der Waals surface area contributed by atoms with Crippen LogP contribution in [0.4, 0.5) is 0 Å². The van der Waals surface area contributed by atoms with Crippen LogP contribution in [0, 0.1) is 5.41 Å². The molecule has 1 aliphatic carbocycles. The molecule has 19 heavy (non-hydrogen) atoms. The van der Waals surface area contributed by atoms with Gasteiger partial charge in [-0.05, 0) is 25.8 Å². The van der Waals surface area contributed by atoms with Crippen LogP contribution < -0.4 is 0 Å². The monoisotopic (exact) mass is 257 g/mol. The molecule has 1 fully saturated rings. The van der Waals surface area contributed by atoms with Gasteiger partial charge in [0.1, 0.15) is 0 Å². The third-order valence-corrected chi connectivity index (χ3v) is 4.45. The van der Waals surface area contributed by atoms with Crippen LogP contribution in [-0.2, 0) is 9.63 Å². The van der Waals surface area contributed by atoms with Crippen molar-refractivity contribution >= 4 is 5.91 Å². The van der Waals surface area contributed by atoms with Crippen molar-refractivity contribution in [2.24, 2.45) is 5.41 Å². The van der Waals surface area contributed by atoms with Gasteiger partial charge in [-0.15, -0.1) is 0 Å². The van der Waals surface area contributed by atoms with Crippen molar-refractivity contribution in [3.63, 3.8) is 0 Å². The molecule has 100 valence electrons. The molecule has 0 spiro atoms. The Kier molecular flexibility index (Phi) is 2.42. The van der Waals surface area contributed by atoms with Gasteiger partial charge < -0.3 is 0 Å². The molecule has 3 nitrogen and oxygen atoms in total. The number of nitrogens with zero attached hydrogens (tertiary/aromatic N) is 1. The van der Waals surface area contributed by atoms with Crippen LogP contribution in [0.5, 0.6) is 0 Å². The molecule has 2 aliphatic heterocycles. The minimum atomic E-state index is -0.551. The number of hydrogen-bond donors (Lipinski definition) is 0. The fourth-order valence-electron chi connectivity index (χ4n) is 2.85. The Bertz CT molecular complexity index is 569. The first kappa shape index (κ1) is 12.4. The number of fused-ring (bicyclic) bond motifs is 2. The molecular formula is C16H19NO2. The van der Waals surface area contributed by atoms with Crippen molar-refractivity contribution in [1.29, 1.82) is 0 Å². The Hall–Kier alpha value is -1.61. The Morgan fingerprint density at radius 2 is 2.11 bits per heavy atom. The molecule has 0 N–H and O–H groups in total. The van der Waals surface area contributed by atoms with Gasteiger partial charge in [-0.25, -0.2) is 4.84 Å². The fourth-order valence-corrected chi connectivity index (χ4v) is 2.85. The molecule has 0 aromatic carbocycles. The molecule has 1 saturated heterocycles. The molecule has 0 bridgehead atoms. The maximum atomic E-state index is 11.9. The van der Waals surface area contributed by atoms with Crippen LogP contribution >= 0.6 is 0 Å². The van der Waals surface area contributed by atoms with E-state index in [1.807, 2.05) is 6.92 Å². The Balaban J connectivity index is 2.02. The normalized spacial score (nSPS) is 35.9. The molecular weight excluding hydrogens is 238 g/mol. The number of carbonyl (C=O) groups is 1. The molecule has 0 aromatic rings. The van der Waals surface area contributed by atoms with E-state index in [2.05, 4.69) is 44.7 Å². The van der Waals surface area contributed by atoms with Crippen molar-refractivity contribution in [1.82, 2.24) is 5.06 Å². The van der Waals surface area contributed by atoms with Crippen LogP contribution in [0.1, 0.15) is 33.6 Å². The van der Waals surface area contributed by atoms with Crippen molar-refractivity contribution in [3.8, 4) is 0 Å². The first-order valence-corrected chi connectivity index (χ1v) is 6.73. The van der Waals surface area contributed by atoms with Gasteiger partial charge in [0.2, 0.25) is 5.72 Å². The summed E-state index contributed by atoms with van der Waals surface area (Å²) in [7, 11) is 0. The smallest absolute Gasteiger partial charge is 0.253 e. The predicted molar refractivity (Wildman–Crippen MR) is 73.8 cm³/mol. The largest absolute Gasteiger partial charge is 0.272 e. The molecule has 3 heteroatoms. The van der Waals surface area contributed by atoms with E-state index < -0.39 is 5.72 Å². The van der Waals surface area contributed by atoms with Crippen LogP contribution in [0.3, 0.4) is 0 Å². The lowest BCUT2D eigenvalue weighted by molar-refractivity contribution is -0.131. The number of allylic oxidation sites excluding steroid dienone is 4. The maximum Gasteiger partial charge on any atom is 0.253 e. The lowest BCUT2D eigenvalue weighted by Crippen LogP contribution is -2.28. The second-order valence-corrected chi connectivity index (χ2v) is 5.78. The first-order valence-electron chi connectivity index (χ1n) is 6.73. The summed E-state index contributed by atoms with van der Waals surface area (Å²) < 4.78 is 0. The predicted octanol–water partition coefficient (Wildman–Crippen LogP) is 3.28. The van der Waals surface area contributed by atoms with Crippen LogP contribution in [0.2, 0.25) is 0 Å². The minimum absolute atomic E-state index is 0.0391. The fraction of sp³-hybridized carbons (Fsp3) is 0.438. The molecule has 3 rings (SSSR count). The van der Waals surface area contributed by atoms with E-state index in [1.54, 1.807) is 0 Å². The molecule has 0 radical (unpaired) electrons. The average Bonchev–Trinajstić information content (AvgIpc) is 3.10. The van der Waals surface area contributed by atoms with E-state index in [4.69, 9.17) is 4.84 Å². The zero-order valence-corrected chi connectivity index (χ0v) is 11.7. The zero-order chi connectivity index (χ0) is 13.8. The topological polar surface area (TPSA) is 32.6 Å². The summed E-state index contributed by atoms with van der Waals surface area (Å²) in [5.74, 6) is 0.0391. The highest BCUT2D eigenvalue weighted by Crippen LogP contribution is 2.49. The summed E-state index contributed by atoms with van der Waals surface area (Å²) in [6.45, 7) is 10.4. The van der Waals surface area contributed by atoms with Gasteiger partial charge in [-0.2, -0.15) is 5.06 Å². The summed E-state index contributed by atoms with van der Waals surface area (Å²) in [5.41, 5.74) is 2.63. The van der Waals surface area contributed by atoms with Crippen molar-refractivity contribution < 1.29 is 9.63 Å². The SMILES string of the molecule is C=C(CC)C1(C)C=CC2=C(C=C1)C1(C)ON1C(=O)C2. The van der Waals surface area contributed by atoms with Crippen molar-refractivity contribution in [2.45, 2.75) is 39.3 Å². The standard InChI is InChI=1S/C16H19NO2/c1-5-11(2)15(3)8-6-12-10-14(18)17-16(4,19-17)13(12)7-9-15/h6-9H,2,5,10H2,1,3-4H3. The van der Waals surface area contributed by atoms with Gasteiger partial charge in [0, 0.05) is 11.0 Å². The number of hydrogen-bond acceptors (Lipinski definition) is 2. The third kappa shape index (κ3) is 1.65. The number of carbonyl (C=O) groups excluding carboxylic acids is 1. The van der Waals surface area contributed by atoms with Gasteiger partial charge >= 0.3 is 0 Å². The highest BCUT2D eigenvalue weighted by molar-refractivity contribution is 5.84. The number of rotatable bonds is 2. The van der Waals surface area contributed by atoms with Gasteiger partial charge in [0.25, 0.3) is 5.91 Å². The summed E-state index contributed by atoms with van der Waals surface area (Å²) in [6, 6.07) is 0. The maximum absolute atomic E-state index is 11.9. The van der Waals surface area contributed by atoms with E-state index in [9.17, 15) is 4.79 Å². The van der Waals surface area contributed by atoms with Gasteiger partial charge in [-0.3, -0.25) is 4.79 Å². The summed E-state index contributed by atoms with van der Waals surface area (Å²) in [6.07, 6.45) is 9.83. The van der Waals surface area contributed by atoms with Crippen molar-refractivity contribution in [2.75, 3.05) is 0 Å². The highest BCUT2D eigenvalue weighted by atomic mass is 16.9. The van der Waals surface area contributed by atoms with Gasteiger partial charge in [0.05, 0.1) is 6.42 Å². The molecule has 0 saturated carbocycles. The van der Waals surface area contributed by atoms with Gasteiger partial charge in [-0.1, -0.05) is 43.4 Å². The lowest BCUT2D eigenvalue weighted by atomic mass is 9.81. The second-order valence-electron chi connectivity index (χ2n) is 5.78. The van der Waals surface area contributed by atoms with E-state index in [-0.39, 0.29) is 11.3 Å². The molecule has 2 unspecified atom stereocenters. The summed E-state index contributed by atoms with van der Waals surface area (Å²) >= 11 is 0. The summed E-state index contributed by atoms with van der Waals surface area (Å²) in [4.78, 5) is 17.3. The molecule has 2 atom stereocenters. The Morgan fingerprint density at radius 1 is 1.42 bits per heavy atom. The Morgan fingerprint density at radius 3 is 2.79 bits per heavy atom. The van der Waals surface area contributed by atoms with Crippen LogP contribution in [0.15, 0.2) is 47.6 Å². The van der Waals surface area contributed by atoms with Gasteiger partial charge in [0.15, 0.2) is 0 Å². The molecule has 3 aliphatic rings. The minimum Gasteiger partial charge on any atom is -0.272 e. The zero-order valence-electron chi connectivity index (χ0n) is 11.7.